The number of nitrogens with one attached hydrogen (secondary N) is 2. The van der Waals surface area contributed by atoms with E-state index in [0.717, 1.165) is 38.6 Å². The summed E-state index contributed by atoms with van der Waals surface area (Å²) >= 11 is 0. The van der Waals surface area contributed by atoms with Crippen molar-refractivity contribution in [3.63, 3.8) is 0 Å². The van der Waals surface area contributed by atoms with E-state index < -0.39 is 0 Å². The molecule has 1 heterocycles. The Kier molecular flexibility index (Phi) is 18.0. The monoisotopic (exact) mass is 668 g/mol. The Morgan fingerprint density at radius 2 is 1.15 bits per heavy atom. The first-order chi connectivity index (χ1) is 23.3. The largest absolute Gasteiger partial charge is 0.379 e. The number of carbonyl (C=O) groups is 2. The number of unbranched alkanes of at least 4 members (excludes halogenated alkanes) is 2. The second-order valence-corrected chi connectivity index (χ2v) is 12.3. The van der Waals surface area contributed by atoms with Gasteiger partial charge in [-0.25, -0.2) is 0 Å². The molecule has 11 heteroatoms. The van der Waals surface area contributed by atoms with Crippen LogP contribution >= 0.6 is 0 Å². The molecule has 266 valence electrons. The minimum Gasteiger partial charge on any atom is -0.379 e. The Labute approximate surface area is 286 Å². The molecule has 0 spiro atoms. The summed E-state index contributed by atoms with van der Waals surface area (Å²) in [5, 5.41) is 8.26. The summed E-state index contributed by atoms with van der Waals surface area (Å²) in [6.45, 7) is 7.74. The van der Waals surface area contributed by atoms with Crippen LogP contribution in [0.1, 0.15) is 45.4 Å². The van der Waals surface area contributed by atoms with Gasteiger partial charge in [-0.3, -0.25) is 9.59 Å². The first-order valence-electron chi connectivity index (χ1n) is 17.4. The van der Waals surface area contributed by atoms with Crippen LogP contribution in [-0.2, 0) is 35.1 Å². The van der Waals surface area contributed by atoms with Gasteiger partial charge in [0.2, 0.25) is 22.8 Å². The molecule has 2 aromatic carbocycles. The van der Waals surface area contributed by atoms with E-state index in [9.17, 15) is 9.59 Å². The van der Waals surface area contributed by atoms with Gasteiger partial charge >= 0.3 is 0 Å². The smallest absolute Gasteiger partial charge is 0.245 e. The van der Waals surface area contributed by atoms with E-state index in [1.165, 1.54) is 33.2 Å². The Morgan fingerprint density at radius 3 is 1.67 bits per heavy atom. The summed E-state index contributed by atoms with van der Waals surface area (Å²) in [5.74, 6) is -0.00542. The highest BCUT2D eigenvalue weighted by Crippen LogP contribution is 2.25. The van der Waals surface area contributed by atoms with Crippen molar-refractivity contribution >= 4 is 45.0 Å². The van der Waals surface area contributed by atoms with Gasteiger partial charge in [-0.15, -0.1) is 0 Å². The number of hydrogen-bond donors (Lipinski definition) is 2. The number of aromatic nitrogens is 1. The zero-order valence-electron chi connectivity index (χ0n) is 29.9. The molecule has 3 rings (SSSR count). The summed E-state index contributed by atoms with van der Waals surface area (Å²) in [6, 6.07) is 15.6. The molecule has 0 fully saturated rings. The highest BCUT2D eigenvalue weighted by atomic mass is 16.5. The van der Waals surface area contributed by atoms with Crippen LogP contribution in [0.5, 0.6) is 0 Å². The molecule has 0 radical (unpaired) electrons. The number of benzene rings is 2. The number of rotatable bonds is 25. The predicted octanol–water partition coefficient (Wildman–Crippen LogP) is 4.07. The first-order valence-corrected chi connectivity index (χ1v) is 17.4. The third-order valence-corrected chi connectivity index (χ3v) is 8.00. The predicted molar refractivity (Wildman–Crippen MR) is 193 cm³/mol. The molecule has 2 N–H and O–H groups in total. The van der Waals surface area contributed by atoms with E-state index >= 15 is 0 Å². The van der Waals surface area contributed by atoms with Gasteiger partial charge in [-0.2, -0.15) is 4.57 Å². The summed E-state index contributed by atoms with van der Waals surface area (Å²) in [5.41, 5.74) is 4.83. The summed E-state index contributed by atoms with van der Waals surface area (Å²) in [6.07, 6.45) is 4.91. The zero-order valence-corrected chi connectivity index (χ0v) is 29.9. The Bertz CT molecular complexity index is 1330. The minimum atomic E-state index is -0.103. The maximum absolute atomic E-state index is 12.4. The molecular weight excluding hydrogens is 610 g/mol. The molecule has 0 unspecified atom stereocenters. The molecule has 0 aliphatic rings. The van der Waals surface area contributed by atoms with Crippen LogP contribution in [-0.4, -0.2) is 106 Å². The Hall–Kier alpha value is -3.51. The molecule has 0 aliphatic heterocycles. The molecule has 0 saturated carbocycles. The molecule has 3 aromatic rings. The molecule has 48 heavy (non-hydrogen) atoms. The maximum Gasteiger partial charge on any atom is 0.245 e. The molecule has 0 bridgehead atoms. The van der Waals surface area contributed by atoms with E-state index in [4.69, 9.17) is 18.9 Å². The molecule has 0 atom stereocenters. The van der Waals surface area contributed by atoms with Gasteiger partial charge < -0.3 is 39.4 Å². The number of pyridine rings is 1. The molecule has 2 amide bonds. The molecule has 0 aliphatic carbocycles. The zero-order chi connectivity index (χ0) is 34.6. The summed E-state index contributed by atoms with van der Waals surface area (Å²) < 4.78 is 24.1. The van der Waals surface area contributed by atoms with Crippen molar-refractivity contribution in [3.05, 3.63) is 42.5 Å². The fourth-order valence-corrected chi connectivity index (χ4v) is 5.28. The van der Waals surface area contributed by atoms with Crippen LogP contribution < -0.4 is 25.0 Å². The lowest BCUT2D eigenvalue weighted by atomic mass is 10.1. The van der Waals surface area contributed by atoms with Gasteiger partial charge in [-0.05, 0) is 62.9 Å². The van der Waals surface area contributed by atoms with Gasteiger partial charge in [0.1, 0.15) is 13.2 Å². The number of anilines is 2. The highest BCUT2D eigenvalue weighted by molar-refractivity contribution is 5.91. The SMILES string of the molecule is CCOCC(=O)NCCCOCCOCCOCCCNC(=O)CCCCC[n+]1c2cc(N(C)C)ccc2cc2ccc(N(C)C)cc21. The number of fused-ring (bicyclic) bond motifs is 2. The number of ether oxygens (including phenoxy) is 4. The maximum atomic E-state index is 12.4. The van der Waals surface area contributed by atoms with Crippen molar-refractivity contribution in [2.45, 2.75) is 52.0 Å². The summed E-state index contributed by atoms with van der Waals surface area (Å²) in [7, 11) is 8.30. The third kappa shape index (κ3) is 13.9. The van der Waals surface area contributed by atoms with E-state index in [1.54, 1.807) is 0 Å². The number of carbonyl (C=O) groups excluding carboxylic acids is 2. The van der Waals surface area contributed by atoms with Crippen molar-refractivity contribution < 1.29 is 33.1 Å². The normalized spacial score (nSPS) is 11.3. The number of aryl methyl sites for hydroxylation is 1. The van der Waals surface area contributed by atoms with Crippen LogP contribution in [0, 0.1) is 0 Å². The van der Waals surface area contributed by atoms with Crippen LogP contribution in [0.15, 0.2) is 42.5 Å². The van der Waals surface area contributed by atoms with Crippen LogP contribution in [0.3, 0.4) is 0 Å². The van der Waals surface area contributed by atoms with Gasteiger partial charge in [0.05, 0.1) is 26.4 Å². The first kappa shape index (κ1) is 38.9. The fourth-order valence-electron chi connectivity index (χ4n) is 5.28. The number of amides is 2. The molecular formula is C37H58N5O6+. The third-order valence-electron chi connectivity index (χ3n) is 8.00. The van der Waals surface area contributed by atoms with E-state index in [-0.39, 0.29) is 18.4 Å². The molecule has 1 aromatic heterocycles. The van der Waals surface area contributed by atoms with Crippen LogP contribution in [0.4, 0.5) is 11.4 Å². The van der Waals surface area contributed by atoms with Gasteiger partial charge in [0.25, 0.3) is 0 Å². The quantitative estimate of drug-likeness (QED) is 0.0792. The molecule has 0 saturated heterocycles. The van der Waals surface area contributed by atoms with Crippen LogP contribution in [0.25, 0.3) is 21.8 Å². The van der Waals surface area contributed by atoms with Crippen molar-refractivity contribution in [1.29, 1.82) is 0 Å². The number of hydrogen-bond acceptors (Lipinski definition) is 8. The summed E-state index contributed by atoms with van der Waals surface area (Å²) in [4.78, 5) is 28.1. The molecule has 11 nitrogen and oxygen atoms in total. The van der Waals surface area contributed by atoms with Crippen molar-refractivity contribution in [3.8, 4) is 0 Å². The average molecular weight is 669 g/mol. The average Bonchev–Trinajstić information content (AvgIpc) is 3.07. The fraction of sp³-hybridized carbons (Fsp3) is 0.595. The lowest BCUT2D eigenvalue weighted by Crippen LogP contribution is -2.36. The second kappa shape index (κ2) is 22.2. The van der Waals surface area contributed by atoms with E-state index in [0.29, 0.717) is 65.8 Å². The Balaban J connectivity index is 1.24. The van der Waals surface area contributed by atoms with E-state index in [1.807, 2.05) is 6.92 Å². The Morgan fingerprint density at radius 1 is 0.625 bits per heavy atom. The topological polar surface area (TPSA) is 105 Å². The number of nitrogens with zero attached hydrogens (tertiary/aromatic N) is 3. The standard InChI is InChI=1S/C37H57N5O6/c1-6-45-29-37(44)39-18-11-21-47-23-25-48-24-22-46-20-10-17-38-36(43)12-8-7-9-19-42-34-27-32(40(2)3)15-13-30(34)26-31-14-16-33(41(4)5)28-35(31)42/h13-16,26-28H,6-12,17-25,29H2,1-5H3,(H-,38,39,43,44)/p+1. The lowest BCUT2D eigenvalue weighted by Gasteiger charge is -2.15. The van der Waals surface area contributed by atoms with Gasteiger partial charge in [-0.1, -0.05) is 0 Å². The van der Waals surface area contributed by atoms with Crippen molar-refractivity contribution in [2.75, 3.05) is 104 Å². The second-order valence-electron chi connectivity index (χ2n) is 12.3. The van der Waals surface area contributed by atoms with Crippen LogP contribution in [0.2, 0.25) is 0 Å². The minimum absolute atomic E-state index is 0.0979. The van der Waals surface area contributed by atoms with Gasteiger partial charge in [0.15, 0.2) is 0 Å². The highest BCUT2D eigenvalue weighted by Gasteiger charge is 2.17. The van der Waals surface area contributed by atoms with E-state index in [2.05, 4.69) is 95.7 Å². The van der Waals surface area contributed by atoms with Gasteiger partial charge in [0, 0.05) is 108 Å². The lowest BCUT2D eigenvalue weighted by molar-refractivity contribution is -0.645. The van der Waals surface area contributed by atoms with Crippen molar-refractivity contribution in [2.24, 2.45) is 0 Å². The van der Waals surface area contributed by atoms with Crippen molar-refractivity contribution in [1.82, 2.24) is 10.6 Å².